The highest BCUT2D eigenvalue weighted by molar-refractivity contribution is 5.85. The molecule has 0 amide bonds. The van der Waals surface area contributed by atoms with E-state index >= 15 is 0 Å². The molecule has 6 heteroatoms. The number of benzene rings is 2. The van der Waals surface area contributed by atoms with E-state index in [-0.39, 0.29) is 12.4 Å². The molecule has 0 atom stereocenters. The SMILES string of the molecule is COc1ccccc1-c1noc(-c2ccc3c(c2)CCNCC3)n1.Cl. The lowest BCUT2D eigenvalue weighted by Crippen LogP contribution is -2.16. The molecule has 0 radical (unpaired) electrons. The Hall–Kier alpha value is -2.37. The molecule has 0 saturated heterocycles. The van der Waals surface area contributed by atoms with Crippen LogP contribution in [0.5, 0.6) is 5.75 Å². The summed E-state index contributed by atoms with van der Waals surface area (Å²) in [6.07, 6.45) is 2.09. The molecule has 0 unspecified atom stereocenters. The standard InChI is InChI=1S/C19H19N3O2.ClH/c1-23-17-5-3-2-4-16(17)18-21-19(24-22-18)15-7-6-13-8-10-20-11-9-14(13)12-15;/h2-7,12,20H,8-11H2,1H3;1H. The van der Waals surface area contributed by atoms with Crippen molar-refractivity contribution >= 4 is 12.4 Å². The number of hydrogen-bond acceptors (Lipinski definition) is 5. The van der Waals surface area contributed by atoms with Crippen LogP contribution in [0.4, 0.5) is 0 Å². The Balaban J connectivity index is 0.00000182. The van der Waals surface area contributed by atoms with Gasteiger partial charge in [0.15, 0.2) is 0 Å². The minimum Gasteiger partial charge on any atom is -0.496 e. The smallest absolute Gasteiger partial charge is 0.258 e. The van der Waals surface area contributed by atoms with Gasteiger partial charge in [0.05, 0.1) is 12.7 Å². The summed E-state index contributed by atoms with van der Waals surface area (Å²) < 4.78 is 10.9. The topological polar surface area (TPSA) is 60.2 Å². The summed E-state index contributed by atoms with van der Waals surface area (Å²) in [6, 6.07) is 14.1. The molecule has 1 aliphatic heterocycles. The number of halogens is 1. The minimum atomic E-state index is 0. The van der Waals surface area contributed by atoms with E-state index in [1.165, 1.54) is 11.1 Å². The summed E-state index contributed by atoms with van der Waals surface area (Å²) in [7, 11) is 1.64. The van der Waals surface area contributed by atoms with Gasteiger partial charge in [0.25, 0.3) is 5.89 Å². The molecule has 5 nitrogen and oxygen atoms in total. The van der Waals surface area contributed by atoms with E-state index < -0.39 is 0 Å². The highest BCUT2D eigenvalue weighted by Gasteiger charge is 2.16. The lowest BCUT2D eigenvalue weighted by molar-refractivity contribution is 0.413. The molecular weight excluding hydrogens is 338 g/mol. The molecule has 0 fully saturated rings. The molecule has 0 bridgehead atoms. The van der Waals surface area contributed by atoms with E-state index in [4.69, 9.17) is 9.26 Å². The van der Waals surface area contributed by atoms with E-state index in [9.17, 15) is 0 Å². The normalized spacial score (nSPS) is 13.5. The maximum absolute atomic E-state index is 5.49. The fourth-order valence-corrected chi connectivity index (χ4v) is 3.09. The van der Waals surface area contributed by atoms with Gasteiger partial charge in [-0.05, 0) is 61.3 Å². The molecule has 0 spiro atoms. The molecule has 25 heavy (non-hydrogen) atoms. The van der Waals surface area contributed by atoms with Crippen LogP contribution < -0.4 is 10.1 Å². The number of fused-ring (bicyclic) bond motifs is 1. The van der Waals surface area contributed by atoms with E-state index in [2.05, 4.69) is 33.7 Å². The maximum atomic E-state index is 5.49. The molecule has 2 aromatic carbocycles. The second-order valence-corrected chi connectivity index (χ2v) is 5.86. The average molecular weight is 358 g/mol. The van der Waals surface area contributed by atoms with Gasteiger partial charge >= 0.3 is 0 Å². The number of nitrogens with one attached hydrogen (secondary N) is 1. The van der Waals surface area contributed by atoms with E-state index in [0.29, 0.717) is 11.7 Å². The van der Waals surface area contributed by atoms with Gasteiger partial charge in [0.2, 0.25) is 5.82 Å². The van der Waals surface area contributed by atoms with Gasteiger partial charge in [0, 0.05) is 5.56 Å². The van der Waals surface area contributed by atoms with Crippen LogP contribution in [-0.4, -0.2) is 30.3 Å². The third-order valence-electron chi connectivity index (χ3n) is 4.37. The van der Waals surface area contributed by atoms with Crippen molar-refractivity contribution in [3.8, 4) is 28.6 Å². The first kappa shape index (κ1) is 17.5. The summed E-state index contributed by atoms with van der Waals surface area (Å²) in [5, 5.41) is 7.55. The first-order chi connectivity index (χ1) is 11.8. The third kappa shape index (κ3) is 3.52. The molecular formula is C19H20ClN3O2. The first-order valence-corrected chi connectivity index (χ1v) is 8.15. The number of hydrogen-bond donors (Lipinski definition) is 1. The van der Waals surface area contributed by atoms with Crippen LogP contribution in [0.25, 0.3) is 22.8 Å². The highest BCUT2D eigenvalue weighted by Crippen LogP contribution is 2.30. The predicted octanol–water partition coefficient (Wildman–Crippen LogP) is 3.52. The maximum Gasteiger partial charge on any atom is 0.258 e. The van der Waals surface area contributed by atoms with Crippen LogP contribution >= 0.6 is 12.4 Å². The molecule has 130 valence electrons. The Kier molecular flexibility index (Phi) is 5.36. The van der Waals surface area contributed by atoms with Gasteiger partial charge in [-0.3, -0.25) is 0 Å². The first-order valence-electron chi connectivity index (χ1n) is 8.15. The zero-order valence-corrected chi connectivity index (χ0v) is 14.8. The quantitative estimate of drug-likeness (QED) is 0.777. The van der Waals surface area contributed by atoms with Crippen LogP contribution in [0, 0.1) is 0 Å². The van der Waals surface area contributed by atoms with Gasteiger partial charge in [-0.25, -0.2) is 0 Å². The summed E-state index contributed by atoms with van der Waals surface area (Å²) in [4.78, 5) is 4.56. The Labute approximate surface area is 152 Å². The van der Waals surface area contributed by atoms with Crippen molar-refractivity contribution in [3.05, 3.63) is 53.6 Å². The average Bonchev–Trinajstić information content (AvgIpc) is 3.00. The zero-order valence-electron chi connectivity index (χ0n) is 14.0. The molecule has 0 aliphatic carbocycles. The summed E-state index contributed by atoms with van der Waals surface area (Å²) in [6.45, 7) is 2.04. The fraction of sp³-hybridized carbons (Fsp3) is 0.263. The Bertz CT molecular complexity index is 863. The fourth-order valence-electron chi connectivity index (χ4n) is 3.09. The number of aromatic nitrogens is 2. The van der Waals surface area contributed by atoms with E-state index in [1.54, 1.807) is 7.11 Å². The van der Waals surface area contributed by atoms with Crippen LogP contribution in [0.3, 0.4) is 0 Å². The molecule has 3 aromatic rings. The second kappa shape index (κ2) is 7.68. The van der Waals surface area contributed by atoms with E-state index in [1.807, 2.05) is 24.3 Å². The van der Waals surface area contributed by atoms with Gasteiger partial charge in [-0.15, -0.1) is 12.4 Å². The zero-order chi connectivity index (χ0) is 16.4. The number of methoxy groups -OCH3 is 1. The van der Waals surface area contributed by atoms with Crippen LogP contribution in [-0.2, 0) is 12.8 Å². The number of para-hydroxylation sites is 1. The highest BCUT2D eigenvalue weighted by atomic mass is 35.5. The van der Waals surface area contributed by atoms with Crippen LogP contribution in [0.2, 0.25) is 0 Å². The largest absolute Gasteiger partial charge is 0.496 e. The molecule has 1 aliphatic rings. The second-order valence-electron chi connectivity index (χ2n) is 5.86. The van der Waals surface area contributed by atoms with Gasteiger partial charge in [-0.2, -0.15) is 4.98 Å². The third-order valence-corrected chi connectivity index (χ3v) is 4.37. The number of rotatable bonds is 3. The molecule has 2 heterocycles. The lowest BCUT2D eigenvalue weighted by atomic mass is 10.00. The summed E-state index contributed by atoms with van der Waals surface area (Å²) in [5.74, 6) is 1.81. The Morgan fingerprint density at radius 3 is 2.68 bits per heavy atom. The van der Waals surface area contributed by atoms with Crippen molar-refractivity contribution in [2.75, 3.05) is 20.2 Å². The molecule has 4 rings (SSSR count). The Morgan fingerprint density at radius 2 is 1.84 bits per heavy atom. The summed E-state index contributed by atoms with van der Waals surface area (Å²) >= 11 is 0. The van der Waals surface area contributed by atoms with Crippen molar-refractivity contribution in [1.82, 2.24) is 15.5 Å². The van der Waals surface area contributed by atoms with Crippen molar-refractivity contribution in [2.45, 2.75) is 12.8 Å². The van der Waals surface area contributed by atoms with Crippen LogP contribution in [0.15, 0.2) is 47.0 Å². The van der Waals surface area contributed by atoms with Crippen molar-refractivity contribution in [1.29, 1.82) is 0 Å². The van der Waals surface area contributed by atoms with E-state index in [0.717, 1.165) is 42.8 Å². The van der Waals surface area contributed by atoms with Gasteiger partial charge in [-0.1, -0.05) is 23.4 Å². The minimum absolute atomic E-state index is 0. The predicted molar refractivity (Wildman–Crippen MR) is 99.2 cm³/mol. The van der Waals surface area contributed by atoms with Crippen LogP contribution in [0.1, 0.15) is 11.1 Å². The molecule has 1 N–H and O–H groups in total. The summed E-state index contributed by atoms with van der Waals surface area (Å²) in [5.41, 5.74) is 4.54. The van der Waals surface area contributed by atoms with Crippen molar-refractivity contribution in [2.24, 2.45) is 0 Å². The number of ether oxygens (including phenoxy) is 1. The van der Waals surface area contributed by atoms with Gasteiger partial charge in [0.1, 0.15) is 5.75 Å². The van der Waals surface area contributed by atoms with Crippen molar-refractivity contribution < 1.29 is 9.26 Å². The molecule has 0 saturated carbocycles. The van der Waals surface area contributed by atoms with Crippen molar-refractivity contribution in [3.63, 3.8) is 0 Å². The monoisotopic (exact) mass is 357 g/mol. The molecule has 1 aromatic heterocycles. The van der Waals surface area contributed by atoms with Gasteiger partial charge < -0.3 is 14.6 Å². The number of nitrogens with zero attached hydrogens (tertiary/aromatic N) is 2. The lowest BCUT2D eigenvalue weighted by Gasteiger charge is -2.06. The Morgan fingerprint density at radius 1 is 1.04 bits per heavy atom.